The van der Waals surface area contributed by atoms with Gasteiger partial charge in [-0.15, -0.1) is 0 Å². The number of hydrogen-bond acceptors (Lipinski definition) is 1. The molecule has 0 aromatic carbocycles. The zero-order chi connectivity index (χ0) is 5.40. The standard InChI is InChI=1S/C7H13N/c1-2-6-4-8-5-7(6)3-1/h6-8H,1-5H2/t6-,7-/m1/s1. The summed E-state index contributed by atoms with van der Waals surface area (Å²) < 4.78 is 0. The summed E-state index contributed by atoms with van der Waals surface area (Å²) in [5, 5.41) is 3.42. The average Bonchev–Trinajstić information content (AvgIpc) is 2.15. The SMILES string of the molecule is C1C[C@@H]2CNC[C@H]2C1. The predicted octanol–water partition coefficient (Wildman–Crippen LogP) is 1.01. The van der Waals surface area contributed by atoms with E-state index in [1.165, 1.54) is 32.4 Å². The molecule has 0 spiro atoms. The molecule has 1 heteroatoms. The van der Waals surface area contributed by atoms with E-state index in [9.17, 15) is 0 Å². The third kappa shape index (κ3) is 0.576. The maximum atomic E-state index is 3.42. The molecule has 0 unspecified atom stereocenters. The van der Waals surface area contributed by atoms with Gasteiger partial charge < -0.3 is 5.32 Å². The molecule has 1 heterocycles. The van der Waals surface area contributed by atoms with Gasteiger partial charge in [0.25, 0.3) is 0 Å². The van der Waals surface area contributed by atoms with E-state index in [4.69, 9.17) is 0 Å². The van der Waals surface area contributed by atoms with Crippen molar-refractivity contribution >= 4 is 0 Å². The Morgan fingerprint density at radius 2 is 1.62 bits per heavy atom. The molecular weight excluding hydrogens is 98.1 g/mol. The molecule has 0 bridgehead atoms. The normalized spacial score (nSPS) is 45.0. The van der Waals surface area contributed by atoms with Crippen molar-refractivity contribution in [2.75, 3.05) is 13.1 Å². The first-order valence-corrected chi connectivity index (χ1v) is 3.67. The van der Waals surface area contributed by atoms with Gasteiger partial charge in [-0.2, -0.15) is 0 Å². The lowest BCUT2D eigenvalue weighted by atomic mass is 10.0. The third-order valence-corrected chi connectivity index (χ3v) is 2.63. The number of fused-ring (bicyclic) bond motifs is 1. The lowest BCUT2D eigenvalue weighted by Crippen LogP contribution is -2.08. The average molecular weight is 111 g/mol. The van der Waals surface area contributed by atoms with E-state index >= 15 is 0 Å². The van der Waals surface area contributed by atoms with Gasteiger partial charge in [0.2, 0.25) is 0 Å². The van der Waals surface area contributed by atoms with E-state index in [-0.39, 0.29) is 0 Å². The Morgan fingerprint density at radius 1 is 1.00 bits per heavy atom. The Bertz CT molecular complexity index is 70.4. The molecule has 1 nitrogen and oxygen atoms in total. The molecule has 0 aromatic rings. The first-order chi connectivity index (χ1) is 3.97. The van der Waals surface area contributed by atoms with Gasteiger partial charge in [-0.25, -0.2) is 0 Å². The number of nitrogens with one attached hydrogen (secondary N) is 1. The van der Waals surface area contributed by atoms with E-state index < -0.39 is 0 Å². The van der Waals surface area contributed by atoms with Gasteiger partial charge in [-0.1, -0.05) is 6.42 Å². The molecule has 0 radical (unpaired) electrons. The van der Waals surface area contributed by atoms with Crippen LogP contribution in [0.2, 0.25) is 0 Å². The highest BCUT2D eigenvalue weighted by Crippen LogP contribution is 2.33. The van der Waals surface area contributed by atoms with Crippen molar-refractivity contribution in [3.05, 3.63) is 0 Å². The van der Waals surface area contributed by atoms with Gasteiger partial charge in [-0.3, -0.25) is 0 Å². The molecule has 2 rings (SSSR count). The molecule has 8 heavy (non-hydrogen) atoms. The summed E-state index contributed by atoms with van der Waals surface area (Å²) in [6.45, 7) is 2.62. The Morgan fingerprint density at radius 3 is 2.25 bits per heavy atom. The maximum absolute atomic E-state index is 3.42. The zero-order valence-corrected chi connectivity index (χ0v) is 5.19. The summed E-state index contributed by atoms with van der Waals surface area (Å²) in [6.07, 6.45) is 4.49. The number of rotatable bonds is 0. The molecule has 0 amide bonds. The molecule has 1 saturated heterocycles. The second kappa shape index (κ2) is 1.73. The number of hydrogen-bond donors (Lipinski definition) is 1. The van der Waals surface area contributed by atoms with Crippen molar-refractivity contribution < 1.29 is 0 Å². The minimum Gasteiger partial charge on any atom is -0.316 e. The van der Waals surface area contributed by atoms with Crippen LogP contribution >= 0.6 is 0 Å². The molecule has 2 fully saturated rings. The van der Waals surface area contributed by atoms with Crippen LogP contribution in [0.25, 0.3) is 0 Å². The van der Waals surface area contributed by atoms with Crippen LogP contribution in [0.15, 0.2) is 0 Å². The Hall–Kier alpha value is -0.0400. The first-order valence-electron chi connectivity index (χ1n) is 3.67. The van der Waals surface area contributed by atoms with E-state index in [0.717, 1.165) is 11.8 Å². The summed E-state index contributed by atoms with van der Waals surface area (Å²) in [5.74, 6) is 2.13. The topological polar surface area (TPSA) is 12.0 Å². The highest BCUT2D eigenvalue weighted by atomic mass is 14.9. The monoisotopic (exact) mass is 111 g/mol. The second-order valence-corrected chi connectivity index (χ2v) is 3.11. The van der Waals surface area contributed by atoms with Crippen LogP contribution in [-0.2, 0) is 0 Å². The van der Waals surface area contributed by atoms with Crippen molar-refractivity contribution in [3.63, 3.8) is 0 Å². The quantitative estimate of drug-likeness (QED) is 0.492. The fourth-order valence-corrected chi connectivity index (χ4v) is 2.11. The molecule has 46 valence electrons. The summed E-state index contributed by atoms with van der Waals surface area (Å²) in [7, 11) is 0. The summed E-state index contributed by atoms with van der Waals surface area (Å²) >= 11 is 0. The van der Waals surface area contributed by atoms with Gasteiger partial charge in [-0.05, 0) is 37.8 Å². The molecule has 1 aliphatic carbocycles. The van der Waals surface area contributed by atoms with Crippen molar-refractivity contribution in [3.8, 4) is 0 Å². The highest BCUT2D eigenvalue weighted by Gasteiger charge is 2.30. The Kier molecular flexibility index (Phi) is 1.04. The van der Waals surface area contributed by atoms with Crippen LogP contribution < -0.4 is 5.32 Å². The van der Waals surface area contributed by atoms with Crippen LogP contribution in [0.4, 0.5) is 0 Å². The van der Waals surface area contributed by atoms with Crippen LogP contribution in [-0.4, -0.2) is 13.1 Å². The van der Waals surface area contributed by atoms with Gasteiger partial charge in [0.1, 0.15) is 0 Å². The fraction of sp³-hybridized carbons (Fsp3) is 1.00. The molecule has 1 saturated carbocycles. The lowest BCUT2D eigenvalue weighted by Gasteiger charge is -2.02. The van der Waals surface area contributed by atoms with Crippen LogP contribution in [0, 0.1) is 11.8 Å². The molecule has 2 aliphatic rings. The van der Waals surface area contributed by atoms with Crippen LogP contribution in [0.1, 0.15) is 19.3 Å². The van der Waals surface area contributed by atoms with Crippen molar-refractivity contribution in [2.45, 2.75) is 19.3 Å². The van der Waals surface area contributed by atoms with Gasteiger partial charge >= 0.3 is 0 Å². The van der Waals surface area contributed by atoms with Crippen LogP contribution in [0.3, 0.4) is 0 Å². The van der Waals surface area contributed by atoms with Crippen molar-refractivity contribution in [1.29, 1.82) is 0 Å². The largest absolute Gasteiger partial charge is 0.316 e. The Labute approximate surface area is 50.5 Å². The molecule has 1 N–H and O–H groups in total. The maximum Gasteiger partial charge on any atom is -0.00173 e. The highest BCUT2D eigenvalue weighted by molar-refractivity contribution is 4.85. The third-order valence-electron chi connectivity index (χ3n) is 2.63. The minimum absolute atomic E-state index is 1.06. The van der Waals surface area contributed by atoms with E-state index in [1.54, 1.807) is 0 Å². The molecule has 0 aromatic heterocycles. The first kappa shape index (κ1) is 4.80. The van der Waals surface area contributed by atoms with Gasteiger partial charge in [0.15, 0.2) is 0 Å². The van der Waals surface area contributed by atoms with E-state index in [1.807, 2.05) is 0 Å². The summed E-state index contributed by atoms with van der Waals surface area (Å²) in [5.41, 5.74) is 0. The second-order valence-electron chi connectivity index (χ2n) is 3.11. The van der Waals surface area contributed by atoms with Crippen molar-refractivity contribution in [1.82, 2.24) is 5.32 Å². The van der Waals surface area contributed by atoms with E-state index in [0.29, 0.717) is 0 Å². The molecular formula is C7H13N. The van der Waals surface area contributed by atoms with Crippen LogP contribution in [0.5, 0.6) is 0 Å². The lowest BCUT2D eigenvalue weighted by molar-refractivity contribution is 0.494. The summed E-state index contributed by atoms with van der Waals surface area (Å²) in [6, 6.07) is 0. The van der Waals surface area contributed by atoms with E-state index in [2.05, 4.69) is 5.32 Å². The summed E-state index contributed by atoms with van der Waals surface area (Å²) in [4.78, 5) is 0. The zero-order valence-electron chi connectivity index (χ0n) is 5.19. The van der Waals surface area contributed by atoms with Gasteiger partial charge in [0.05, 0.1) is 0 Å². The smallest absolute Gasteiger partial charge is 0.00173 e. The minimum atomic E-state index is 1.06. The fourth-order valence-electron chi connectivity index (χ4n) is 2.11. The predicted molar refractivity (Wildman–Crippen MR) is 33.7 cm³/mol. The Balaban J connectivity index is 2.04. The molecule has 1 aliphatic heterocycles. The van der Waals surface area contributed by atoms with Gasteiger partial charge in [0, 0.05) is 0 Å². The van der Waals surface area contributed by atoms with Crippen molar-refractivity contribution in [2.24, 2.45) is 11.8 Å². The molecule has 2 atom stereocenters.